The van der Waals surface area contributed by atoms with E-state index in [1.54, 1.807) is 111 Å². The minimum absolute atomic E-state index is 0. The second-order valence-corrected chi connectivity index (χ2v) is 18.5. The van der Waals surface area contributed by atoms with E-state index in [0.717, 1.165) is 39.3 Å². The van der Waals surface area contributed by atoms with Crippen molar-refractivity contribution in [1.82, 2.24) is 34.2 Å². The Hall–Kier alpha value is -11.8. The summed E-state index contributed by atoms with van der Waals surface area (Å²) in [7, 11) is 11.4. The van der Waals surface area contributed by atoms with E-state index in [9.17, 15) is 78.6 Å². The van der Waals surface area contributed by atoms with Crippen molar-refractivity contribution < 1.29 is 112 Å². The van der Waals surface area contributed by atoms with Gasteiger partial charge in [0.15, 0.2) is 23.0 Å². The molecule has 0 aliphatic carbocycles. The fourth-order valence-electron chi connectivity index (χ4n) is 7.75. The van der Waals surface area contributed by atoms with E-state index >= 15 is 0 Å². The molecule has 0 spiro atoms. The number of esters is 4. The van der Waals surface area contributed by atoms with Crippen molar-refractivity contribution in [3.05, 3.63) is 259 Å². The first kappa shape index (κ1) is 83.3. The van der Waals surface area contributed by atoms with Gasteiger partial charge < -0.3 is 41.0 Å². The van der Waals surface area contributed by atoms with Crippen LogP contribution in [-0.2, 0) is 80.9 Å². The molecule has 3 heterocycles. The number of methoxy groups -OCH3 is 6. The van der Waals surface area contributed by atoms with Gasteiger partial charge in [0, 0.05) is 74.7 Å². The Labute approximate surface area is 568 Å². The SMILES string of the molecule is C/C=C(\C(=O)C(=O)OC)[N+](=O)[O-].COC(=O)C(=O)C[N+](=O)[O-].COC(=O)c1c(CC(=O)c2ccccc2)cnn1-c1ccccc1.COC(=O)c1c([N+](=O)[O-])cnn1-c1ccccc1.COC(OC)N(C)C.O=C(Cc1cnn(-c2ccccc2)c1C(=O)O)c1ccccc1.[CH3-].[Pd]. The maximum Gasteiger partial charge on any atom is 0.386 e. The molecular formula is C64H67N10O22Pd-. The van der Waals surface area contributed by atoms with Gasteiger partial charge in [-0.05, 0) is 63.5 Å². The zero-order chi connectivity index (χ0) is 70.7. The second kappa shape index (κ2) is 43.2. The molecule has 0 aliphatic rings. The third-order valence-corrected chi connectivity index (χ3v) is 12.1. The number of nitro groups is 3. The number of rotatable bonds is 22. The zero-order valence-electron chi connectivity index (χ0n) is 53.8. The molecule has 97 heavy (non-hydrogen) atoms. The van der Waals surface area contributed by atoms with Gasteiger partial charge in [0.1, 0.15) is 6.20 Å². The van der Waals surface area contributed by atoms with Crippen molar-refractivity contribution in [3.63, 3.8) is 0 Å². The van der Waals surface area contributed by atoms with Crippen LogP contribution in [0.5, 0.6) is 0 Å². The summed E-state index contributed by atoms with van der Waals surface area (Å²) in [4.78, 5) is 132. The molecule has 0 fully saturated rings. The van der Waals surface area contributed by atoms with E-state index in [2.05, 4.69) is 29.5 Å². The van der Waals surface area contributed by atoms with Crippen LogP contribution in [0.4, 0.5) is 5.69 Å². The van der Waals surface area contributed by atoms with Gasteiger partial charge in [0.2, 0.25) is 12.1 Å². The number of nitrogens with zero attached hydrogens (tertiary/aromatic N) is 10. The van der Waals surface area contributed by atoms with Gasteiger partial charge in [-0.1, -0.05) is 115 Å². The van der Waals surface area contributed by atoms with Crippen LogP contribution in [0, 0.1) is 37.8 Å². The number of carbonyl (C=O) groups is 9. The molecule has 1 N–H and O–H groups in total. The summed E-state index contributed by atoms with van der Waals surface area (Å²) in [5.41, 5.74) is 2.94. The van der Waals surface area contributed by atoms with Crippen LogP contribution in [0.15, 0.2) is 182 Å². The molecule has 0 aliphatic heterocycles. The predicted octanol–water partition coefficient (Wildman–Crippen LogP) is 7.13. The largest absolute Gasteiger partial charge is 0.476 e. The van der Waals surface area contributed by atoms with Crippen molar-refractivity contribution in [2.75, 3.05) is 63.3 Å². The van der Waals surface area contributed by atoms with Crippen LogP contribution in [-0.4, -0.2) is 177 Å². The van der Waals surface area contributed by atoms with Crippen LogP contribution in [0.25, 0.3) is 17.1 Å². The number of aromatic nitrogens is 6. The summed E-state index contributed by atoms with van der Waals surface area (Å²) < 4.78 is 31.1. The van der Waals surface area contributed by atoms with Gasteiger partial charge in [-0.25, -0.2) is 38.0 Å². The molecule has 0 bridgehead atoms. The molecule has 0 atom stereocenters. The Kier molecular flexibility index (Phi) is 37.1. The summed E-state index contributed by atoms with van der Waals surface area (Å²) in [6.07, 6.45) is 4.82. The number of hydrogen-bond donors (Lipinski definition) is 1. The Balaban J connectivity index is 0.000000604. The monoisotopic (exact) mass is 1430 g/mol. The van der Waals surface area contributed by atoms with Crippen LogP contribution >= 0.6 is 0 Å². The first-order valence-electron chi connectivity index (χ1n) is 27.3. The number of carboxylic acid groups (broad SMARTS) is 1. The van der Waals surface area contributed by atoms with Gasteiger partial charge in [-0.2, -0.15) is 15.3 Å². The van der Waals surface area contributed by atoms with Gasteiger partial charge in [-0.15, -0.1) is 0 Å². The average molecular weight is 1430 g/mol. The number of para-hydroxylation sites is 3. The number of aromatic carboxylic acids is 1. The quantitative estimate of drug-likeness (QED) is 0.00673. The Morgan fingerprint density at radius 1 is 0.526 bits per heavy atom. The number of Topliss-reactive ketones (excluding diaryl/α,β-unsaturated/α-hetero) is 4. The maximum absolute atomic E-state index is 12.4. The summed E-state index contributed by atoms with van der Waals surface area (Å²) in [6.45, 7) is 0.283. The molecule has 0 amide bonds. The molecule has 8 aromatic rings. The van der Waals surface area contributed by atoms with Gasteiger partial charge in [0.25, 0.3) is 6.54 Å². The Bertz CT molecular complexity index is 3950. The van der Waals surface area contributed by atoms with Crippen molar-refractivity contribution in [2.24, 2.45) is 0 Å². The summed E-state index contributed by atoms with van der Waals surface area (Å²) in [6, 6.07) is 44.7. The molecule has 516 valence electrons. The number of carboxylic acids is 1. The minimum Gasteiger partial charge on any atom is -0.476 e. The topological polar surface area (TPSA) is 415 Å². The number of benzene rings is 5. The first-order chi connectivity index (χ1) is 45.3. The first-order valence-corrected chi connectivity index (χ1v) is 27.3. The molecule has 8 rings (SSSR count). The zero-order valence-corrected chi connectivity index (χ0v) is 55.3. The van der Waals surface area contributed by atoms with E-state index in [1.807, 2.05) is 79.7 Å². The number of allylic oxidation sites excluding steroid dienone is 1. The number of hydrogen-bond acceptors (Lipinski definition) is 25. The summed E-state index contributed by atoms with van der Waals surface area (Å²) in [5.74, 6) is -7.46. The van der Waals surface area contributed by atoms with E-state index in [4.69, 9.17) is 14.2 Å². The molecule has 0 radical (unpaired) electrons. The molecule has 33 heteroatoms. The molecule has 3 aromatic heterocycles. The Morgan fingerprint density at radius 2 is 0.876 bits per heavy atom. The van der Waals surface area contributed by atoms with Crippen LogP contribution < -0.4 is 0 Å². The van der Waals surface area contributed by atoms with Crippen LogP contribution in [0.3, 0.4) is 0 Å². The third-order valence-electron chi connectivity index (χ3n) is 12.1. The Morgan fingerprint density at radius 3 is 1.19 bits per heavy atom. The fraction of sp³-hybridized carbons (Fsp3) is 0.203. The average Bonchev–Trinajstić information content (AvgIpc) is 1.69. The third kappa shape index (κ3) is 25.6. The van der Waals surface area contributed by atoms with Gasteiger partial charge in [-0.3, -0.25) is 54.4 Å². The molecular weight excluding hydrogens is 1370 g/mol. The molecule has 32 nitrogen and oxygen atoms in total. The second-order valence-electron chi connectivity index (χ2n) is 18.5. The predicted molar refractivity (Wildman–Crippen MR) is 341 cm³/mol. The molecule has 0 unspecified atom stereocenters. The molecule has 5 aromatic carbocycles. The van der Waals surface area contributed by atoms with Crippen molar-refractivity contribution in [1.29, 1.82) is 0 Å². The van der Waals surface area contributed by atoms with E-state index in [0.29, 0.717) is 33.6 Å². The van der Waals surface area contributed by atoms with E-state index in [1.165, 1.54) is 34.3 Å². The van der Waals surface area contributed by atoms with Gasteiger partial charge >= 0.3 is 52.8 Å². The molecule has 0 saturated heterocycles. The summed E-state index contributed by atoms with van der Waals surface area (Å²) >= 11 is 0. The smallest absolute Gasteiger partial charge is 0.386 e. The number of ether oxygens (including phenoxy) is 6. The maximum atomic E-state index is 12.4. The number of carbonyl (C=O) groups excluding carboxylic acids is 8. The molecule has 0 saturated carbocycles. The standard InChI is InChI=1S/C19H16N2O3.C18H14N2O3.C11H9N3O4.C6H7NO5.C5H13NO2.C4H5NO5.CH3.Pd/c1-24-19(23)18-15(12-17(22)14-8-4-2-5-9-14)13-20-21(18)16-10-6-3-7-11-16;21-16(13-7-3-1-4-8-13)11-14-12-19-20(17(14)18(22)23)15-9-5-2-6-10-15;1-18-11(15)10-9(14(16)17)7-12-13(10)8-5-3-2-4-6-8;1-3-4(7(10)11)5(8)6(9)12-2;1-6(2)5(7-3)8-4;1-10-4(7)3(6)2-5(8)9;;/h2-11,13H,12H2,1H3;1-10,12H,11H2,(H,22,23);2-7H,1H3;3H,1-2H3;5H,1-4H3;2H2,1H3;1H3;/q;;;;;;-1;/b;;;4-3+;;;;. The number of ketones is 4. The van der Waals surface area contributed by atoms with Crippen molar-refractivity contribution in [3.8, 4) is 17.1 Å². The van der Waals surface area contributed by atoms with E-state index < -0.39 is 68.4 Å². The van der Waals surface area contributed by atoms with E-state index in [-0.39, 0.29) is 81.4 Å². The summed E-state index contributed by atoms with van der Waals surface area (Å²) in [5, 5.41) is 52.3. The van der Waals surface area contributed by atoms with Crippen LogP contribution in [0.2, 0.25) is 0 Å². The van der Waals surface area contributed by atoms with Crippen LogP contribution in [0.1, 0.15) is 70.2 Å². The van der Waals surface area contributed by atoms with Gasteiger partial charge in [0.05, 0.1) is 67.7 Å². The fourth-order valence-corrected chi connectivity index (χ4v) is 7.75. The minimum atomic E-state index is -1.25. The normalized spacial score (nSPS) is 10.0. The van der Waals surface area contributed by atoms with Crippen molar-refractivity contribution in [2.45, 2.75) is 26.2 Å². The van der Waals surface area contributed by atoms with Crippen molar-refractivity contribution >= 4 is 58.7 Å².